The van der Waals surface area contributed by atoms with Crippen molar-refractivity contribution in [2.75, 3.05) is 19.6 Å². The molecule has 0 amide bonds. The quantitative estimate of drug-likeness (QED) is 0.775. The summed E-state index contributed by atoms with van der Waals surface area (Å²) in [5.41, 5.74) is 0. The van der Waals surface area contributed by atoms with Gasteiger partial charge in [-0.3, -0.25) is 4.90 Å². The van der Waals surface area contributed by atoms with Crippen LogP contribution in [0.15, 0.2) is 0 Å². The van der Waals surface area contributed by atoms with E-state index in [1.807, 2.05) is 0 Å². The summed E-state index contributed by atoms with van der Waals surface area (Å²) < 4.78 is 0. The predicted octanol–water partition coefficient (Wildman–Crippen LogP) is 2.49. The van der Waals surface area contributed by atoms with E-state index in [0.29, 0.717) is 0 Å². The maximum Gasteiger partial charge on any atom is 0.0247 e. The Hall–Kier alpha value is -0.0800. The van der Waals surface area contributed by atoms with Gasteiger partial charge >= 0.3 is 0 Å². The molecule has 16 heavy (non-hydrogen) atoms. The van der Waals surface area contributed by atoms with Crippen LogP contribution in [-0.2, 0) is 0 Å². The minimum Gasteiger partial charge on any atom is -0.314 e. The standard InChI is InChI=1S/C14H28N2/c1-11(2)14-10-15-8-9-16(14)13-6-4-12(3)5-7-13/h11-15H,4-10H2,1-3H3. The minimum atomic E-state index is 0.771. The van der Waals surface area contributed by atoms with Crippen molar-refractivity contribution < 1.29 is 0 Å². The monoisotopic (exact) mass is 224 g/mol. The highest BCUT2D eigenvalue weighted by Gasteiger charge is 2.32. The van der Waals surface area contributed by atoms with Crippen molar-refractivity contribution in [1.82, 2.24) is 10.2 Å². The second-order valence-electron chi connectivity index (χ2n) is 6.17. The molecule has 0 spiro atoms. The lowest BCUT2D eigenvalue weighted by molar-refractivity contribution is 0.0510. The van der Waals surface area contributed by atoms with Crippen molar-refractivity contribution >= 4 is 0 Å². The summed E-state index contributed by atoms with van der Waals surface area (Å²) in [6, 6.07) is 1.65. The number of nitrogens with zero attached hydrogens (tertiary/aromatic N) is 1. The molecule has 1 saturated carbocycles. The zero-order valence-corrected chi connectivity index (χ0v) is 11.2. The highest BCUT2D eigenvalue weighted by atomic mass is 15.2. The molecular weight excluding hydrogens is 196 g/mol. The average Bonchev–Trinajstić information content (AvgIpc) is 2.30. The third-order valence-corrected chi connectivity index (χ3v) is 4.55. The lowest BCUT2D eigenvalue weighted by atomic mass is 9.85. The van der Waals surface area contributed by atoms with Crippen LogP contribution in [0.2, 0.25) is 0 Å². The molecule has 1 aliphatic heterocycles. The first-order chi connectivity index (χ1) is 7.68. The Kier molecular flexibility index (Phi) is 4.26. The largest absolute Gasteiger partial charge is 0.314 e. The lowest BCUT2D eigenvalue weighted by Crippen LogP contribution is -2.57. The van der Waals surface area contributed by atoms with E-state index in [0.717, 1.165) is 23.9 Å². The van der Waals surface area contributed by atoms with Crippen molar-refractivity contribution in [3.05, 3.63) is 0 Å². The number of piperazine rings is 1. The Morgan fingerprint density at radius 2 is 1.81 bits per heavy atom. The minimum absolute atomic E-state index is 0.771. The maximum absolute atomic E-state index is 3.55. The molecule has 1 atom stereocenters. The molecule has 2 heteroatoms. The van der Waals surface area contributed by atoms with Crippen molar-refractivity contribution in [2.24, 2.45) is 11.8 Å². The molecule has 2 aliphatic rings. The first-order valence-corrected chi connectivity index (χ1v) is 7.15. The van der Waals surface area contributed by atoms with Gasteiger partial charge in [0.2, 0.25) is 0 Å². The third kappa shape index (κ3) is 2.78. The van der Waals surface area contributed by atoms with Crippen molar-refractivity contribution in [1.29, 1.82) is 0 Å². The summed E-state index contributed by atoms with van der Waals surface area (Å²) in [4.78, 5) is 2.81. The molecule has 0 aromatic rings. The van der Waals surface area contributed by atoms with Gasteiger partial charge in [0.25, 0.3) is 0 Å². The molecule has 0 aromatic carbocycles. The van der Waals surface area contributed by atoms with Gasteiger partial charge in [0.1, 0.15) is 0 Å². The highest BCUT2D eigenvalue weighted by molar-refractivity contribution is 4.88. The Morgan fingerprint density at radius 1 is 1.12 bits per heavy atom. The van der Waals surface area contributed by atoms with Gasteiger partial charge in [-0.05, 0) is 37.5 Å². The Bertz CT molecular complexity index is 207. The first-order valence-electron chi connectivity index (χ1n) is 7.15. The molecule has 1 saturated heterocycles. The summed E-state index contributed by atoms with van der Waals surface area (Å²) in [6.45, 7) is 10.8. The predicted molar refractivity (Wildman–Crippen MR) is 69.6 cm³/mol. The molecule has 0 bridgehead atoms. The van der Waals surface area contributed by atoms with Crippen LogP contribution >= 0.6 is 0 Å². The number of hydrogen-bond donors (Lipinski definition) is 1. The molecule has 2 fully saturated rings. The zero-order chi connectivity index (χ0) is 11.5. The second-order valence-corrected chi connectivity index (χ2v) is 6.17. The fourth-order valence-electron chi connectivity index (χ4n) is 3.39. The lowest BCUT2D eigenvalue weighted by Gasteiger charge is -2.45. The van der Waals surface area contributed by atoms with Crippen LogP contribution < -0.4 is 5.32 Å². The number of nitrogens with one attached hydrogen (secondary N) is 1. The molecule has 1 heterocycles. The van der Waals surface area contributed by atoms with Gasteiger partial charge in [-0.15, -0.1) is 0 Å². The van der Waals surface area contributed by atoms with Crippen molar-refractivity contribution in [3.63, 3.8) is 0 Å². The van der Waals surface area contributed by atoms with Gasteiger partial charge < -0.3 is 5.32 Å². The van der Waals surface area contributed by atoms with E-state index in [-0.39, 0.29) is 0 Å². The van der Waals surface area contributed by atoms with Crippen molar-refractivity contribution in [3.8, 4) is 0 Å². The van der Waals surface area contributed by atoms with Gasteiger partial charge in [-0.2, -0.15) is 0 Å². The van der Waals surface area contributed by atoms with E-state index in [1.165, 1.54) is 45.3 Å². The van der Waals surface area contributed by atoms with Gasteiger partial charge in [0.05, 0.1) is 0 Å². The van der Waals surface area contributed by atoms with Gasteiger partial charge in [-0.1, -0.05) is 20.8 Å². The summed E-state index contributed by atoms with van der Waals surface area (Å²) in [5, 5.41) is 3.55. The molecule has 1 unspecified atom stereocenters. The maximum atomic E-state index is 3.55. The zero-order valence-electron chi connectivity index (χ0n) is 11.2. The molecule has 0 aromatic heterocycles. The van der Waals surface area contributed by atoms with Crippen LogP contribution in [0.4, 0.5) is 0 Å². The average molecular weight is 224 g/mol. The van der Waals surface area contributed by atoms with Crippen LogP contribution in [0.1, 0.15) is 46.5 Å². The van der Waals surface area contributed by atoms with E-state index in [4.69, 9.17) is 0 Å². The van der Waals surface area contributed by atoms with E-state index in [1.54, 1.807) is 0 Å². The van der Waals surface area contributed by atoms with Crippen LogP contribution in [0.5, 0.6) is 0 Å². The van der Waals surface area contributed by atoms with E-state index in [2.05, 4.69) is 31.0 Å². The Morgan fingerprint density at radius 3 is 2.44 bits per heavy atom. The summed E-state index contributed by atoms with van der Waals surface area (Å²) >= 11 is 0. The Labute approximate surface area is 101 Å². The fourth-order valence-corrected chi connectivity index (χ4v) is 3.39. The summed E-state index contributed by atoms with van der Waals surface area (Å²) in [5.74, 6) is 1.75. The smallest absolute Gasteiger partial charge is 0.0247 e. The van der Waals surface area contributed by atoms with Crippen LogP contribution in [-0.4, -0.2) is 36.6 Å². The third-order valence-electron chi connectivity index (χ3n) is 4.55. The molecular formula is C14H28N2. The molecule has 2 rings (SSSR count). The molecule has 1 aliphatic carbocycles. The normalized spacial score (nSPS) is 37.9. The second kappa shape index (κ2) is 5.50. The van der Waals surface area contributed by atoms with Gasteiger partial charge in [-0.25, -0.2) is 0 Å². The SMILES string of the molecule is CC1CCC(N2CCNCC2C(C)C)CC1. The summed E-state index contributed by atoms with van der Waals surface area (Å²) in [7, 11) is 0. The topological polar surface area (TPSA) is 15.3 Å². The molecule has 1 N–H and O–H groups in total. The fraction of sp³-hybridized carbons (Fsp3) is 1.00. The Balaban J connectivity index is 1.94. The highest BCUT2D eigenvalue weighted by Crippen LogP contribution is 2.29. The number of rotatable bonds is 2. The van der Waals surface area contributed by atoms with Crippen LogP contribution in [0, 0.1) is 11.8 Å². The number of hydrogen-bond acceptors (Lipinski definition) is 2. The molecule has 2 nitrogen and oxygen atoms in total. The van der Waals surface area contributed by atoms with Crippen LogP contribution in [0.3, 0.4) is 0 Å². The van der Waals surface area contributed by atoms with Gasteiger partial charge in [0, 0.05) is 31.7 Å². The van der Waals surface area contributed by atoms with Crippen molar-refractivity contribution in [2.45, 2.75) is 58.5 Å². The van der Waals surface area contributed by atoms with E-state index < -0.39 is 0 Å². The van der Waals surface area contributed by atoms with E-state index >= 15 is 0 Å². The van der Waals surface area contributed by atoms with E-state index in [9.17, 15) is 0 Å². The van der Waals surface area contributed by atoms with Crippen LogP contribution in [0.25, 0.3) is 0 Å². The molecule has 94 valence electrons. The first kappa shape index (κ1) is 12.4. The van der Waals surface area contributed by atoms with Gasteiger partial charge in [0.15, 0.2) is 0 Å². The summed E-state index contributed by atoms with van der Waals surface area (Å²) in [6.07, 6.45) is 5.76. The molecule has 0 radical (unpaired) electrons.